The summed E-state index contributed by atoms with van der Waals surface area (Å²) < 4.78 is 0. The Morgan fingerprint density at radius 1 is 1.43 bits per heavy atom. The van der Waals surface area contributed by atoms with Crippen molar-refractivity contribution >= 4 is 11.0 Å². The Balaban J connectivity index is 2.67. The molecule has 0 fully saturated rings. The predicted molar refractivity (Wildman–Crippen MR) is 56.2 cm³/mol. The average Bonchev–Trinajstić information content (AvgIpc) is 2.64. The lowest BCUT2D eigenvalue weighted by molar-refractivity contribution is 0.219. The third-order valence-electron chi connectivity index (χ3n) is 2.57. The van der Waals surface area contributed by atoms with E-state index in [4.69, 9.17) is 0 Å². The molecule has 0 saturated carbocycles. The summed E-state index contributed by atoms with van der Waals surface area (Å²) in [5.41, 5.74) is 2.81. The third-order valence-corrected chi connectivity index (χ3v) is 2.57. The topological polar surface area (TPSA) is 48.9 Å². The molecule has 2 N–H and O–H groups in total. The normalized spacial score (nSPS) is 12.2. The average molecular weight is 190 g/mol. The van der Waals surface area contributed by atoms with Crippen LogP contribution >= 0.6 is 0 Å². The smallest absolute Gasteiger partial charge is 0.0932 e. The number of para-hydroxylation sites is 1. The monoisotopic (exact) mass is 190 g/mol. The Hall–Kier alpha value is -1.35. The highest BCUT2D eigenvalue weighted by atomic mass is 16.3. The summed E-state index contributed by atoms with van der Waals surface area (Å²) in [7, 11) is 0. The molecule has 0 aliphatic heterocycles. The summed E-state index contributed by atoms with van der Waals surface area (Å²) in [5, 5.41) is 9.31. The first-order chi connectivity index (χ1) is 6.65. The summed E-state index contributed by atoms with van der Waals surface area (Å²) in [6.07, 6.45) is 1.68. The Morgan fingerprint density at radius 2 is 2.21 bits per heavy atom. The number of benzene rings is 1. The molecule has 0 unspecified atom stereocenters. The maximum atomic E-state index is 9.31. The van der Waals surface area contributed by atoms with Gasteiger partial charge in [-0.15, -0.1) is 0 Å². The van der Waals surface area contributed by atoms with Crippen LogP contribution in [0, 0.1) is 0 Å². The van der Waals surface area contributed by atoms with Crippen molar-refractivity contribution in [3.63, 3.8) is 0 Å². The zero-order valence-corrected chi connectivity index (χ0v) is 8.41. The summed E-state index contributed by atoms with van der Waals surface area (Å²) in [5.74, 6) is 0. The Bertz CT molecular complexity index is 445. The zero-order valence-electron chi connectivity index (χ0n) is 8.41. The molecule has 1 aromatic carbocycles. The van der Waals surface area contributed by atoms with Gasteiger partial charge in [-0.1, -0.05) is 26.0 Å². The van der Waals surface area contributed by atoms with Gasteiger partial charge >= 0.3 is 0 Å². The number of fused-ring (bicyclic) bond motifs is 1. The van der Waals surface area contributed by atoms with Crippen molar-refractivity contribution in [2.24, 2.45) is 0 Å². The Kier molecular flexibility index (Phi) is 2.04. The lowest BCUT2D eigenvalue weighted by atomic mass is 9.85. The molecule has 0 amide bonds. The molecule has 0 radical (unpaired) electrons. The fourth-order valence-corrected chi connectivity index (χ4v) is 1.60. The fraction of sp³-hybridized carbons (Fsp3) is 0.364. The number of aromatic amines is 1. The van der Waals surface area contributed by atoms with Crippen LogP contribution in [0.15, 0.2) is 24.5 Å². The second kappa shape index (κ2) is 3.10. The fourth-order valence-electron chi connectivity index (χ4n) is 1.60. The number of hydrogen-bond acceptors (Lipinski definition) is 2. The first-order valence-corrected chi connectivity index (χ1v) is 4.68. The molecule has 0 spiro atoms. The van der Waals surface area contributed by atoms with Gasteiger partial charge < -0.3 is 10.1 Å². The Labute approximate surface area is 82.8 Å². The molecule has 3 nitrogen and oxygen atoms in total. The van der Waals surface area contributed by atoms with Crippen LogP contribution in [-0.2, 0) is 5.41 Å². The van der Waals surface area contributed by atoms with Crippen LogP contribution in [0.1, 0.15) is 19.4 Å². The predicted octanol–water partition coefficient (Wildman–Crippen LogP) is 1.83. The van der Waals surface area contributed by atoms with Gasteiger partial charge in [-0.05, 0) is 11.6 Å². The number of nitrogens with zero attached hydrogens (tertiary/aromatic N) is 1. The number of aliphatic hydroxyl groups excluding tert-OH is 1. The van der Waals surface area contributed by atoms with Crippen LogP contribution in [0.5, 0.6) is 0 Å². The van der Waals surface area contributed by atoms with Gasteiger partial charge in [0.05, 0.1) is 24.0 Å². The van der Waals surface area contributed by atoms with E-state index in [9.17, 15) is 5.11 Å². The highest BCUT2D eigenvalue weighted by Gasteiger charge is 2.22. The molecule has 2 rings (SSSR count). The maximum absolute atomic E-state index is 9.31. The molecule has 0 atom stereocenters. The number of hydrogen-bond donors (Lipinski definition) is 2. The van der Waals surface area contributed by atoms with Crippen molar-refractivity contribution in [2.45, 2.75) is 19.3 Å². The van der Waals surface area contributed by atoms with E-state index in [2.05, 4.69) is 9.97 Å². The lowest BCUT2D eigenvalue weighted by Crippen LogP contribution is -2.22. The molecule has 0 saturated heterocycles. The van der Waals surface area contributed by atoms with E-state index >= 15 is 0 Å². The standard InChI is InChI=1S/C11H14N2O/c1-11(2,6-14)8-4-3-5-9-10(8)13-7-12-9/h3-5,7,14H,6H2,1-2H3,(H,12,13). The minimum atomic E-state index is -0.241. The van der Waals surface area contributed by atoms with E-state index in [1.165, 1.54) is 0 Å². The van der Waals surface area contributed by atoms with Crippen molar-refractivity contribution < 1.29 is 5.11 Å². The first kappa shape index (κ1) is 9.21. The SMILES string of the molecule is CC(C)(CO)c1cccc2[nH]cnc12. The number of aromatic nitrogens is 2. The van der Waals surface area contributed by atoms with Gasteiger partial charge in [0.15, 0.2) is 0 Å². The summed E-state index contributed by atoms with van der Waals surface area (Å²) in [6, 6.07) is 5.98. The molecule has 74 valence electrons. The molecule has 0 bridgehead atoms. The highest BCUT2D eigenvalue weighted by molar-refractivity contribution is 5.79. The van der Waals surface area contributed by atoms with Crippen LogP contribution in [0.3, 0.4) is 0 Å². The number of aliphatic hydroxyl groups is 1. The summed E-state index contributed by atoms with van der Waals surface area (Å²) in [6.45, 7) is 4.14. The molecule has 3 heteroatoms. The van der Waals surface area contributed by atoms with Crippen molar-refractivity contribution in [1.82, 2.24) is 9.97 Å². The van der Waals surface area contributed by atoms with E-state index in [-0.39, 0.29) is 12.0 Å². The van der Waals surface area contributed by atoms with E-state index in [0.717, 1.165) is 16.6 Å². The molecule has 1 aromatic heterocycles. The lowest BCUT2D eigenvalue weighted by Gasteiger charge is -2.22. The van der Waals surface area contributed by atoms with E-state index in [0.29, 0.717) is 0 Å². The molecule has 0 aliphatic carbocycles. The van der Waals surface area contributed by atoms with Gasteiger partial charge in [-0.3, -0.25) is 0 Å². The zero-order chi connectivity index (χ0) is 10.2. The quantitative estimate of drug-likeness (QED) is 0.759. The van der Waals surface area contributed by atoms with Gasteiger partial charge in [-0.2, -0.15) is 0 Å². The van der Waals surface area contributed by atoms with E-state index < -0.39 is 0 Å². The van der Waals surface area contributed by atoms with Gasteiger partial charge in [0.2, 0.25) is 0 Å². The molecular formula is C11H14N2O. The molecule has 0 aliphatic rings. The van der Waals surface area contributed by atoms with E-state index in [1.807, 2.05) is 32.0 Å². The second-order valence-corrected chi connectivity index (χ2v) is 4.15. The van der Waals surface area contributed by atoms with Gasteiger partial charge in [0.25, 0.3) is 0 Å². The Morgan fingerprint density at radius 3 is 2.93 bits per heavy atom. The van der Waals surface area contributed by atoms with Crippen molar-refractivity contribution in [3.8, 4) is 0 Å². The van der Waals surface area contributed by atoms with Gasteiger partial charge in [-0.25, -0.2) is 4.98 Å². The molecular weight excluding hydrogens is 176 g/mol. The molecule has 2 aromatic rings. The molecule has 1 heterocycles. The number of H-pyrrole nitrogens is 1. The van der Waals surface area contributed by atoms with Crippen molar-refractivity contribution in [1.29, 1.82) is 0 Å². The summed E-state index contributed by atoms with van der Waals surface area (Å²) >= 11 is 0. The first-order valence-electron chi connectivity index (χ1n) is 4.68. The minimum absolute atomic E-state index is 0.124. The van der Waals surface area contributed by atoms with Crippen LogP contribution in [0.2, 0.25) is 0 Å². The highest BCUT2D eigenvalue weighted by Crippen LogP contribution is 2.27. The maximum Gasteiger partial charge on any atom is 0.0932 e. The van der Waals surface area contributed by atoms with E-state index in [1.54, 1.807) is 6.33 Å². The summed E-state index contributed by atoms with van der Waals surface area (Å²) in [4.78, 5) is 7.33. The van der Waals surface area contributed by atoms with Crippen LogP contribution in [-0.4, -0.2) is 21.7 Å². The van der Waals surface area contributed by atoms with Crippen molar-refractivity contribution in [2.75, 3.05) is 6.61 Å². The number of imidazole rings is 1. The van der Waals surface area contributed by atoms with Crippen LogP contribution in [0.4, 0.5) is 0 Å². The largest absolute Gasteiger partial charge is 0.395 e. The van der Waals surface area contributed by atoms with Gasteiger partial charge in [0, 0.05) is 5.41 Å². The van der Waals surface area contributed by atoms with Crippen LogP contribution < -0.4 is 0 Å². The van der Waals surface area contributed by atoms with Crippen molar-refractivity contribution in [3.05, 3.63) is 30.1 Å². The minimum Gasteiger partial charge on any atom is -0.395 e. The van der Waals surface area contributed by atoms with Crippen LogP contribution in [0.25, 0.3) is 11.0 Å². The number of nitrogens with one attached hydrogen (secondary N) is 1. The number of rotatable bonds is 2. The second-order valence-electron chi connectivity index (χ2n) is 4.15. The molecule has 14 heavy (non-hydrogen) atoms. The third kappa shape index (κ3) is 1.30. The van der Waals surface area contributed by atoms with Gasteiger partial charge in [0.1, 0.15) is 0 Å².